The van der Waals surface area contributed by atoms with Gasteiger partial charge in [-0.05, 0) is 129 Å². The molecule has 22 nitrogen and oxygen atoms in total. The Morgan fingerprint density at radius 2 is 1.18 bits per heavy atom. The van der Waals surface area contributed by atoms with Gasteiger partial charge in [0.25, 0.3) is 0 Å². The van der Waals surface area contributed by atoms with Crippen molar-refractivity contribution < 1.29 is 65.9 Å². The van der Waals surface area contributed by atoms with E-state index in [1.165, 1.54) is 100 Å². The zero-order valence-electron chi connectivity index (χ0n) is 57.2. The van der Waals surface area contributed by atoms with Crippen molar-refractivity contribution in [3.05, 3.63) is 0 Å². The lowest BCUT2D eigenvalue weighted by Gasteiger charge is -2.45. The summed E-state index contributed by atoms with van der Waals surface area (Å²) in [6.07, 6.45) is 5.26. The summed E-state index contributed by atoms with van der Waals surface area (Å²) in [6, 6.07) is -9.58. The lowest BCUT2D eigenvalue weighted by Crippen LogP contribution is -2.65. The first-order chi connectivity index (χ1) is 43.1. The molecule has 3 saturated heterocycles. The highest BCUT2D eigenvalue weighted by atomic mass is 35.5. The second kappa shape index (κ2) is 32.1. The number of hydrogen-bond acceptors (Lipinski definition) is 11. The van der Waals surface area contributed by atoms with E-state index < -0.39 is 155 Å². The van der Waals surface area contributed by atoms with E-state index in [0.29, 0.717) is 25.7 Å². The number of carbonyl (C=O) groups excluding carboxylic acids is 11. The van der Waals surface area contributed by atoms with Gasteiger partial charge < -0.3 is 54.7 Å². The highest BCUT2D eigenvalue weighted by molar-refractivity contribution is 6.20. The predicted octanol–water partition coefficient (Wildman–Crippen LogP) is 5.80. The minimum Gasteiger partial charge on any atom is -0.343 e. The lowest BCUT2D eigenvalue weighted by molar-refractivity contribution is -0.182. The van der Waals surface area contributed by atoms with Crippen LogP contribution in [0.2, 0.25) is 0 Å². The van der Waals surface area contributed by atoms with Crippen LogP contribution < -0.4 is 10.6 Å². The van der Waals surface area contributed by atoms with Crippen LogP contribution in [-0.2, 0) is 52.7 Å². The summed E-state index contributed by atoms with van der Waals surface area (Å²) in [5, 5.41) is 4.48. The third-order valence-corrected chi connectivity index (χ3v) is 22.5. The van der Waals surface area contributed by atoms with Crippen LogP contribution in [0.15, 0.2) is 0 Å². The molecule has 0 aromatic rings. The summed E-state index contributed by atoms with van der Waals surface area (Å²) < 4.78 is 41.8. The Bertz CT molecular complexity index is 2680. The van der Waals surface area contributed by atoms with E-state index >= 15 is 19.2 Å². The average molecular weight is 1320 g/mol. The van der Waals surface area contributed by atoms with Crippen molar-refractivity contribution in [3.63, 3.8) is 0 Å². The molecule has 92 heavy (non-hydrogen) atoms. The molecule has 3 saturated carbocycles. The minimum absolute atomic E-state index is 0.0149. The number of fused-ring (bicyclic) bond motifs is 2. The number of amides is 11. The molecule has 3 aliphatic carbocycles. The van der Waals surface area contributed by atoms with Gasteiger partial charge in [0.2, 0.25) is 65.0 Å². The molecular formula is C66H107ClF3N11O11. The van der Waals surface area contributed by atoms with E-state index in [9.17, 15) is 46.7 Å². The minimum atomic E-state index is -4.49. The number of halogens is 4. The summed E-state index contributed by atoms with van der Waals surface area (Å²) in [4.78, 5) is 174. The summed E-state index contributed by atoms with van der Waals surface area (Å²) in [7, 11) is 10.4. The fourth-order valence-corrected chi connectivity index (χ4v) is 15.2. The van der Waals surface area contributed by atoms with Gasteiger partial charge in [0.1, 0.15) is 53.9 Å². The Morgan fingerprint density at radius 3 is 1.76 bits per heavy atom. The van der Waals surface area contributed by atoms with E-state index in [-0.39, 0.29) is 88.6 Å². The first-order valence-corrected chi connectivity index (χ1v) is 34.3. The number of likely N-dealkylation sites (N-methyl/N-ethyl adjacent to an activating group) is 7. The van der Waals surface area contributed by atoms with Gasteiger partial charge in [0.05, 0.1) is 12.5 Å². The van der Waals surface area contributed by atoms with Gasteiger partial charge in [-0.25, -0.2) is 0 Å². The highest BCUT2D eigenvalue weighted by Crippen LogP contribution is 2.44. The standard InChI is InChI=1S/C66H107ClF3N11O11/c1-15-39(2)54-62(90)76(11)42(5)57(85)81-34-32-50(81)60(88)77(12)51(37-43-23-18-16-19-24-43)59(87)73(8)38-52(82)71-48(31-29-44-28-30-46(47(67)36-44)66(68,69)70)58(86)80-33-22-27-49(80)61(89)79(14)65(6,7)64(92)78(13)55(45-25-20-17-21-26-45)63(91)74(9)40(3)35-53(83)75(10)41(4)56(84)72-54/h39-51,54-55H,15-38H2,1-14H3,(H,71,82)(H,72,84)/t39-,40+,41-,42-,44?,46?,47?,48-,49-,50-,51-,54-,55-/m0/s1. The maximum atomic E-state index is 15.1. The van der Waals surface area contributed by atoms with Crippen LogP contribution in [0.3, 0.4) is 0 Å². The molecule has 6 fully saturated rings. The summed E-state index contributed by atoms with van der Waals surface area (Å²) >= 11 is 6.38. The van der Waals surface area contributed by atoms with E-state index in [4.69, 9.17) is 11.6 Å². The first-order valence-electron chi connectivity index (χ1n) is 33.8. The van der Waals surface area contributed by atoms with E-state index in [1.54, 1.807) is 34.7 Å². The topological polar surface area (TPSA) is 241 Å². The number of carbonyl (C=O) groups is 11. The Morgan fingerprint density at radius 1 is 0.587 bits per heavy atom. The number of nitrogens with zero attached hydrogens (tertiary/aromatic N) is 9. The summed E-state index contributed by atoms with van der Waals surface area (Å²) in [5.41, 5.74) is -1.61. The maximum absolute atomic E-state index is 15.1. The molecule has 6 rings (SSSR count). The van der Waals surface area contributed by atoms with E-state index in [0.717, 1.165) is 51.4 Å². The summed E-state index contributed by atoms with van der Waals surface area (Å²) in [6.45, 7) is 11.2. The normalized spacial score (nSPS) is 32.2. The third kappa shape index (κ3) is 17.4. The Balaban J connectivity index is 1.36. The fraction of sp³-hybridized carbons (Fsp3) is 0.833. The van der Waals surface area contributed by atoms with Gasteiger partial charge in [-0.1, -0.05) is 71.6 Å². The molecule has 3 heterocycles. The van der Waals surface area contributed by atoms with Gasteiger partial charge in [0, 0.05) is 80.3 Å². The fourth-order valence-electron chi connectivity index (χ4n) is 14.7. The number of hydrogen-bond donors (Lipinski definition) is 2. The molecule has 11 amide bonds. The molecule has 13 atom stereocenters. The van der Waals surface area contributed by atoms with Crippen molar-refractivity contribution in [2.45, 2.75) is 255 Å². The number of alkyl halides is 4. The number of nitrogens with one attached hydrogen (secondary N) is 2. The molecule has 0 radical (unpaired) electrons. The maximum Gasteiger partial charge on any atom is 0.393 e. The molecule has 0 bridgehead atoms. The smallest absolute Gasteiger partial charge is 0.343 e. The molecule has 6 aliphatic rings. The van der Waals surface area contributed by atoms with E-state index in [2.05, 4.69) is 10.6 Å². The SMILES string of the molecule is CC[C@H](C)[C@@H]1NC(=O)[C@H](C)N(C)C(=O)C[C@@H](C)N(C)C(=O)[C@H](C2CCCCC2)N(C)C(=O)C(C)(C)N(C)C(=O)[C@@H]2CCCN2C(=O)[C@H](CCC2CCC(C(F)(F)F)C(Cl)C2)NC(=O)CN(C)C(=O)[C@H](CC2CCCCC2)N(C)C(=O)[C@@H]2CCN2C(=O)[C@H](C)N(C)C1=O. The van der Waals surface area contributed by atoms with Crippen LogP contribution in [0, 0.1) is 29.6 Å². The van der Waals surface area contributed by atoms with Crippen molar-refractivity contribution in [1.82, 2.24) is 54.7 Å². The van der Waals surface area contributed by atoms with Gasteiger partial charge in [-0.3, -0.25) is 52.7 Å². The van der Waals surface area contributed by atoms with Crippen LogP contribution in [0.5, 0.6) is 0 Å². The molecular weight excluding hydrogens is 1220 g/mol. The largest absolute Gasteiger partial charge is 0.393 e. The second-order valence-corrected chi connectivity index (χ2v) is 28.9. The molecule has 0 aromatic heterocycles. The molecule has 26 heteroatoms. The van der Waals surface area contributed by atoms with Gasteiger partial charge in [-0.2, -0.15) is 13.2 Å². The molecule has 0 aromatic carbocycles. The van der Waals surface area contributed by atoms with Crippen molar-refractivity contribution in [2.75, 3.05) is 69.0 Å². The van der Waals surface area contributed by atoms with Gasteiger partial charge in [0.15, 0.2) is 0 Å². The molecule has 0 spiro atoms. The lowest BCUT2D eigenvalue weighted by atomic mass is 9.78. The van der Waals surface area contributed by atoms with Crippen molar-refractivity contribution in [3.8, 4) is 0 Å². The quantitative estimate of drug-likeness (QED) is 0.275. The van der Waals surface area contributed by atoms with Crippen LogP contribution in [-0.4, -0.2) is 250 Å². The zero-order chi connectivity index (χ0) is 68.6. The third-order valence-electron chi connectivity index (χ3n) is 22.0. The Kier molecular flexibility index (Phi) is 26.3. The summed E-state index contributed by atoms with van der Waals surface area (Å²) in [5.74, 6) is -8.95. The van der Waals surface area contributed by atoms with Gasteiger partial charge in [-0.15, -0.1) is 11.6 Å². The van der Waals surface area contributed by atoms with E-state index in [1.807, 2.05) is 6.92 Å². The van der Waals surface area contributed by atoms with Crippen LogP contribution in [0.4, 0.5) is 13.2 Å². The van der Waals surface area contributed by atoms with Crippen LogP contribution >= 0.6 is 11.6 Å². The molecule has 2 N–H and O–H groups in total. The van der Waals surface area contributed by atoms with Crippen molar-refractivity contribution in [2.24, 2.45) is 29.6 Å². The zero-order valence-corrected chi connectivity index (χ0v) is 57.9. The predicted molar refractivity (Wildman–Crippen MR) is 341 cm³/mol. The number of rotatable bonds is 8. The first kappa shape index (κ1) is 75.3. The molecule has 3 aliphatic heterocycles. The Hall–Kier alpha value is -5.75. The average Bonchev–Trinajstić information content (AvgIpc) is 1.02. The molecule has 520 valence electrons. The Labute approximate surface area is 548 Å². The van der Waals surface area contributed by atoms with Crippen LogP contribution in [0.25, 0.3) is 0 Å². The second-order valence-electron chi connectivity index (χ2n) is 28.4. The van der Waals surface area contributed by atoms with Gasteiger partial charge >= 0.3 is 6.18 Å². The monoisotopic (exact) mass is 1320 g/mol. The molecule has 3 unspecified atom stereocenters. The van der Waals surface area contributed by atoms with Crippen molar-refractivity contribution >= 4 is 76.6 Å². The van der Waals surface area contributed by atoms with Crippen molar-refractivity contribution in [1.29, 1.82) is 0 Å². The highest BCUT2D eigenvalue weighted by Gasteiger charge is 2.51. The van der Waals surface area contributed by atoms with Crippen LogP contribution in [0.1, 0.15) is 183 Å².